The molecule has 0 aromatic heterocycles. The van der Waals surface area contributed by atoms with Crippen LogP contribution in [0.3, 0.4) is 0 Å². The number of amides is 2. The van der Waals surface area contributed by atoms with E-state index in [4.69, 9.17) is 0 Å². The molecule has 1 aliphatic rings. The fraction of sp³-hybridized carbons (Fsp3) is 0.800. The quantitative estimate of drug-likeness (QED) is 0.779. The van der Waals surface area contributed by atoms with Gasteiger partial charge in [-0.1, -0.05) is 29.8 Å². The molecule has 86 valence electrons. The number of rotatable bonds is 3. The van der Waals surface area contributed by atoms with Crippen molar-refractivity contribution in [1.82, 2.24) is 10.2 Å². The second-order valence-corrected chi connectivity index (χ2v) is 4.73. The summed E-state index contributed by atoms with van der Waals surface area (Å²) in [6, 6.07) is -0.294. The Hall–Kier alpha value is -0.580. The normalized spacial score (nSPS) is 23.5. The maximum absolute atomic E-state index is 11.9. The fourth-order valence-electron chi connectivity index (χ4n) is 1.74. The van der Waals surface area contributed by atoms with Crippen molar-refractivity contribution >= 4 is 27.7 Å². The van der Waals surface area contributed by atoms with Crippen LogP contribution in [0, 0.1) is 0 Å². The molecule has 0 radical (unpaired) electrons. The van der Waals surface area contributed by atoms with Crippen LogP contribution in [-0.2, 0) is 9.59 Å². The first-order valence-electron chi connectivity index (χ1n) is 5.34. The van der Waals surface area contributed by atoms with Gasteiger partial charge in [-0.2, -0.15) is 0 Å². The maximum Gasteiger partial charge on any atom is 0.242 e. The number of nitrogens with zero attached hydrogens (tertiary/aromatic N) is 1. The Labute approximate surface area is 98.5 Å². The van der Waals surface area contributed by atoms with Gasteiger partial charge in [0.2, 0.25) is 11.8 Å². The number of hydrogen-bond donors (Lipinski definition) is 1. The Bertz CT molecular complexity index is 258. The number of carbonyl (C=O) groups is 2. The highest BCUT2D eigenvalue weighted by atomic mass is 79.9. The van der Waals surface area contributed by atoms with Gasteiger partial charge < -0.3 is 10.2 Å². The SMILES string of the molecule is CCC(Br)C(=O)N1CCNC(=O)C1CC. The Morgan fingerprint density at radius 2 is 2.33 bits per heavy atom. The standard InChI is InChI=1S/C10H17BrN2O2/c1-3-7(11)10(15)13-6-5-12-9(14)8(13)4-2/h7-8H,3-6H2,1-2H3,(H,12,14). The molecule has 0 aliphatic carbocycles. The first kappa shape index (κ1) is 12.5. The zero-order valence-corrected chi connectivity index (χ0v) is 10.7. The molecule has 1 N–H and O–H groups in total. The maximum atomic E-state index is 11.9. The molecule has 1 saturated heterocycles. The number of nitrogens with one attached hydrogen (secondary N) is 1. The van der Waals surface area contributed by atoms with Gasteiger partial charge in [0.25, 0.3) is 0 Å². The predicted molar refractivity (Wildman–Crippen MR) is 61.8 cm³/mol. The van der Waals surface area contributed by atoms with Crippen molar-refractivity contribution in [2.45, 2.75) is 37.6 Å². The molecule has 4 nitrogen and oxygen atoms in total. The third-order valence-electron chi connectivity index (χ3n) is 2.63. The highest BCUT2D eigenvalue weighted by Crippen LogP contribution is 2.15. The van der Waals surface area contributed by atoms with E-state index in [9.17, 15) is 9.59 Å². The topological polar surface area (TPSA) is 49.4 Å². The Balaban J connectivity index is 2.73. The van der Waals surface area contributed by atoms with Gasteiger partial charge in [0.05, 0.1) is 4.83 Å². The molecule has 0 saturated carbocycles. The van der Waals surface area contributed by atoms with Crippen molar-refractivity contribution in [3.05, 3.63) is 0 Å². The minimum Gasteiger partial charge on any atom is -0.353 e. The van der Waals surface area contributed by atoms with E-state index in [1.54, 1.807) is 4.90 Å². The van der Waals surface area contributed by atoms with E-state index in [2.05, 4.69) is 21.2 Å². The van der Waals surface area contributed by atoms with Crippen LogP contribution in [0.5, 0.6) is 0 Å². The van der Waals surface area contributed by atoms with Crippen molar-refractivity contribution < 1.29 is 9.59 Å². The van der Waals surface area contributed by atoms with E-state index in [1.807, 2.05) is 13.8 Å². The lowest BCUT2D eigenvalue weighted by Gasteiger charge is -2.35. The number of piperazine rings is 1. The third-order valence-corrected chi connectivity index (χ3v) is 3.67. The van der Waals surface area contributed by atoms with Crippen LogP contribution in [0.4, 0.5) is 0 Å². The van der Waals surface area contributed by atoms with Crippen LogP contribution in [0.25, 0.3) is 0 Å². The number of halogens is 1. The summed E-state index contributed by atoms with van der Waals surface area (Å²) in [5.74, 6) is -0.00731. The number of carbonyl (C=O) groups excluding carboxylic acids is 2. The van der Waals surface area contributed by atoms with E-state index < -0.39 is 0 Å². The molecule has 0 aromatic rings. The van der Waals surface area contributed by atoms with Gasteiger partial charge in [-0.15, -0.1) is 0 Å². The van der Waals surface area contributed by atoms with Gasteiger partial charge in [-0.3, -0.25) is 9.59 Å². The van der Waals surface area contributed by atoms with Crippen molar-refractivity contribution in [3.63, 3.8) is 0 Å². The van der Waals surface area contributed by atoms with Gasteiger partial charge in [-0.05, 0) is 12.8 Å². The van der Waals surface area contributed by atoms with E-state index in [0.29, 0.717) is 19.5 Å². The Morgan fingerprint density at radius 1 is 1.67 bits per heavy atom. The second-order valence-electron chi connectivity index (χ2n) is 3.62. The Kier molecular flexibility index (Phi) is 4.57. The van der Waals surface area contributed by atoms with E-state index in [0.717, 1.165) is 6.42 Å². The molecule has 15 heavy (non-hydrogen) atoms. The number of alkyl halides is 1. The summed E-state index contributed by atoms with van der Waals surface area (Å²) < 4.78 is 0. The van der Waals surface area contributed by atoms with Gasteiger partial charge in [0.15, 0.2) is 0 Å². The van der Waals surface area contributed by atoms with Crippen LogP contribution < -0.4 is 5.32 Å². The molecule has 1 rings (SSSR count). The molecular weight excluding hydrogens is 260 g/mol. The minimum absolute atomic E-state index is 0.0270. The van der Waals surface area contributed by atoms with Crippen LogP contribution in [0.2, 0.25) is 0 Å². The number of hydrogen-bond acceptors (Lipinski definition) is 2. The van der Waals surface area contributed by atoms with Gasteiger partial charge in [0, 0.05) is 13.1 Å². The molecule has 0 aromatic carbocycles. The molecule has 1 heterocycles. The molecule has 0 bridgehead atoms. The lowest BCUT2D eigenvalue weighted by atomic mass is 10.1. The smallest absolute Gasteiger partial charge is 0.242 e. The van der Waals surface area contributed by atoms with E-state index in [1.165, 1.54) is 0 Å². The third kappa shape index (κ3) is 2.71. The first-order chi connectivity index (χ1) is 7.11. The highest BCUT2D eigenvalue weighted by molar-refractivity contribution is 9.10. The van der Waals surface area contributed by atoms with Gasteiger partial charge in [0.1, 0.15) is 6.04 Å². The monoisotopic (exact) mass is 276 g/mol. The average Bonchev–Trinajstić information content (AvgIpc) is 2.26. The van der Waals surface area contributed by atoms with Crippen molar-refractivity contribution in [2.24, 2.45) is 0 Å². The highest BCUT2D eigenvalue weighted by Gasteiger charge is 2.33. The zero-order valence-electron chi connectivity index (χ0n) is 9.12. The van der Waals surface area contributed by atoms with Crippen molar-refractivity contribution in [1.29, 1.82) is 0 Å². The molecule has 5 heteroatoms. The fourth-order valence-corrected chi connectivity index (χ4v) is 2.00. The van der Waals surface area contributed by atoms with Crippen molar-refractivity contribution in [3.8, 4) is 0 Å². The van der Waals surface area contributed by atoms with Gasteiger partial charge >= 0.3 is 0 Å². The summed E-state index contributed by atoms with van der Waals surface area (Å²) in [7, 11) is 0. The minimum atomic E-state index is -0.294. The predicted octanol–water partition coefficient (Wildman–Crippen LogP) is 0.897. The molecule has 1 aliphatic heterocycles. The summed E-state index contributed by atoms with van der Waals surface area (Å²) in [5, 5.41) is 2.78. The van der Waals surface area contributed by atoms with Crippen LogP contribution >= 0.6 is 15.9 Å². The molecule has 2 amide bonds. The summed E-state index contributed by atoms with van der Waals surface area (Å²) in [5.41, 5.74) is 0. The summed E-state index contributed by atoms with van der Waals surface area (Å²) in [6.45, 7) is 5.04. The van der Waals surface area contributed by atoms with E-state index in [-0.39, 0.29) is 22.7 Å². The van der Waals surface area contributed by atoms with Crippen molar-refractivity contribution in [2.75, 3.05) is 13.1 Å². The second kappa shape index (κ2) is 5.49. The van der Waals surface area contributed by atoms with Crippen LogP contribution in [0.1, 0.15) is 26.7 Å². The van der Waals surface area contributed by atoms with Crippen LogP contribution in [0.15, 0.2) is 0 Å². The van der Waals surface area contributed by atoms with E-state index >= 15 is 0 Å². The molecular formula is C10H17BrN2O2. The lowest BCUT2D eigenvalue weighted by molar-refractivity contribution is -0.142. The molecule has 1 fully saturated rings. The summed E-state index contributed by atoms with van der Waals surface area (Å²) >= 11 is 3.33. The first-order valence-corrected chi connectivity index (χ1v) is 6.25. The lowest BCUT2D eigenvalue weighted by Crippen LogP contribution is -2.58. The van der Waals surface area contributed by atoms with Gasteiger partial charge in [-0.25, -0.2) is 0 Å². The zero-order chi connectivity index (χ0) is 11.4. The largest absolute Gasteiger partial charge is 0.353 e. The average molecular weight is 277 g/mol. The molecule has 0 spiro atoms. The summed E-state index contributed by atoms with van der Waals surface area (Å²) in [6.07, 6.45) is 1.41. The molecule has 2 unspecified atom stereocenters. The summed E-state index contributed by atoms with van der Waals surface area (Å²) in [4.78, 5) is 25.0. The molecule has 2 atom stereocenters. The Morgan fingerprint density at radius 3 is 2.87 bits per heavy atom. The van der Waals surface area contributed by atoms with Crippen LogP contribution in [-0.4, -0.2) is 40.7 Å².